The van der Waals surface area contributed by atoms with Crippen LogP contribution in [-0.2, 0) is 13.0 Å². The number of likely N-dealkylation sites (N-methyl/N-ethyl adjacent to an activating group) is 1. The smallest absolute Gasteiger partial charge is 0.127 e. The minimum Gasteiger partial charge on any atom is -0.497 e. The molecule has 0 radical (unpaired) electrons. The van der Waals surface area contributed by atoms with Crippen LogP contribution in [0.1, 0.15) is 24.4 Å². The van der Waals surface area contributed by atoms with E-state index >= 15 is 0 Å². The van der Waals surface area contributed by atoms with Gasteiger partial charge < -0.3 is 19.4 Å². The summed E-state index contributed by atoms with van der Waals surface area (Å²) in [4.78, 5) is 4.37. The molecule has 0 spiro atoms. The number of hydrogen-bond donors (Lipinski definition) is 1. The zero-order chi connectivity index (χ0) is 15.2. The van der Waals surface area contributed by atoms with E-state index in [2.05, 4.69) is 21.8 Å². The Bertz CT molecular complexity index is 581. The number of rotatable bonds is 7. The average Bonchev–Trinajstić information content (AvgIpc) is 2.99. The van der Waals surface area contributed by atoms with Crippen LogP contribution in [0.25, 0.3) is 0 Å². The molecular formula is C16H23N3O2. The van der Waals surface area contributed by atoms with E-state index in [1.807, 2.05) is 37.6 Å². The quantitative estimate of drug-likeness (QED) is 0.850. The summed E-state index contributed by atoms with van der Waals surface area (Å²) in [6.07, 6.45) is 4.78. The second-order valence-corrected chi connectivity index (χ2v) is 4.80. The summed E-state index contributed by atoms with van der Waals surface area (Å²) in [5.74, 6) is 2.71. The third kappa shape index (κ3) is 3.36. The van der Waals surface area contributed by atoms with Gasteiger partial charge in [-0.05, 0) is 19.2 Å². The Morgan fingerprint density at radius 3 is 2.71 bits per heavy atom. The van der Waals surface area contributed by atoms with Crippen molar-refractivity contribution in [3.8, 4) is 11.5 Å². The molecule has 1 N–H and O–H groups in total. The molecule has 5 nitrogen and oxygen atoms in total. The molecule has 1 unspecified atom stereocenters. The molecule has 1 atom stereocenters. The molecule has 1 aromatic heterocycles. The number of nitrogens with one attached hydrogen (secondary N) is 1. The van der Waals surface area contributed by atoms with Crippen LogP contribution >= 0.6 is 0 Å². The monoisotopic (exact) mass is 289 g/mol. The van der Waals surface area contributed by atoms with Gasteiger partial charge in [0.25, 0.3) is 0 Å². The topological polar surface area (TPSA) is 48.3 Å². The molecule has 0 aliphatic heterocycles. The Balaban J connectivity index is 2.29. The van der Waals surface area contributed by atoms with Crippen LogP contribution in [0.5, 0.6) is 11.5 Å². The molecule has 2 aromatic rings. The highest BCUT2D eigenvalue weighted by atomic mass is 16.5. The van der Waals surface area contributed by atoms with Gasteiger partial charge in [0.1, 0.15) is 17.3 Å². The molecule has 1 heterocycles. The Hall–Kier alpha value is -2.01. The molecule has 0 amide bonds. The van der Waals surface area contributed by atoms with Crippen LogP contribution < -0.4 is 14.8 Å². The van der Waals surface area contributed by atoms with Gasteiger partial charge in [0.05, 0.1) is 20.3 Å². The molecule has 114 valence electrons. The Kier molecular flexibility index (Phi) is 5.22. The van der Waals surface area contributed by atoms with E-state index in [1.54, 1.807) is 14.2 Å². The number of imidazole rings is 1. The van der Waals surface area contributed by atoms with Gasteiger partial charge in [0, 0.05) is 37.0 Å². The first-order chi connectivity index (χ1) is 10.2. The number of methoxy groups -OCH3 is 2. The van der Waals surface area contributed by atoms with Crippen molar-refractivity contribution in [2.24, 2.45) is 0 Å². The number of ether oxygens (including phenoxy) is 2. The third-order valence-corrected chi connectivity index (χ3v) is 3.66. The highest BCUT2D eigenvalue weighted by molar-refractivity contribution is 5.42. The van der Waals surface area contributed by atoms with Gasteiger partial charge in [0.2, 0.25) is 0 Å². The Labute approximate surface area is 125 Å². The number of aryl methyl sites for hydroxylation is 1. The van der Waals surface area contributed by atoms with Gasteiger partial charge in [-0.2, -0.15) is 0 Å². The SMILES string of the molecule is CCc1nccn1CC(NC)c1ccc(OC)cc1OC. The fraction of sp³-hybridized carbons (Fsp3) is 0.438. The van der Waals surface area contributed by atoms with Crippen LogP contribution in [0.15, 0.2) is 30.6 Å². The van der Waals surface area contributed by atoms with Crippen molar-refractivity contribution in [3.05, 3.63) is 42.0 Å². The maximum absolute atomic E-state index is 5.50. The lowest BCUT2D eigenvalue weighted by Crippen LogP contribution is -2.23. The van der Waals surface area contributed by atoms with Crippen LogP contribution in [0, 0.1) is 0 Å². The number of aromatic nitrogens is 2. The summed E-state index contributed by atoms with van der Waals surface area (Å²) in [5, 5.41) is 3.35. The number of benzene rings is 1. The number of hydrogen-bond acceptors (Lipinski definition) is 4. The molecule has 5 heteroatoms. The van der Waals surface area contributed by atoms with E-state index in [0.717, 1.165) is 35.9 Å². The van der Waals surface area contributed by atoms with E-state index < -0.39 is 0 Å². The lowest BCUT2D eigenvalue weighted by Gasteiger charge is -2.21. The van der Waals surface area contributed by atoms with E-state index in [1.165, 1.54) is 0 Å². The first kappa shape index (κ1) is 15.4. The molecule has 0 saturated carbocycles. The zero-order valence-electron chi connectivity index (χ0n) is 13.1. The molecule has 21 heavy (non-hydrogen) atoms. The van der Waals surface area contributed by atoms with Gasteiger partial charge in [-0.15, -0.1) is 0 Å². The van der Waals surface area contributed by atoms with Crippen LogP contribution in [0.4, 0.5) is 0 Å². The predicted molar refractivity (Wildman–Crippen MR) is 83.0 cm³/mol. The Morgan fingerprint density at radius 2 is 2.10 bits per heavy atom. The van der Waals surface area contributed by atoms with Crippen molar-refractivity contribution in [1.29, 1.82) is 0 Å². The van der Waals surface area contributed by atoms with E-state index in [4.69, 9.17) is 9.47 Å². The van der Waals surface area contributed by atoms with Crippen molar-refractivity contribution >= 4 is 0 Å². The summed E-state index contributed by atoms with van der Waals surface area (Å²) in [6.45, 7) is 2.92. The summed E-state index contributed by atoms with van der Waals surface area (Å²) in [5.41, 5.74) is 1.11. The third-order valence-electron chi connectivity index (χ3n) is 3.66. The van der Waals surface area contributed by atoms with E-state index in [9.17, 15) is 0 Å². The van der Waals surface area contributed by atoms with Crippen LogP contribution in [0.3, 0.4) is 0 Å². The van der Waals surface area contributed by atoms with Crippen molar-refractivity contribution < 1.29 is 9.47 Å². The summed E-state index contributed by atoms with van der Waals surface area (Å²) in [6, 6.07) is 6.05. The Morgan fingerprint density at radius 1 is 1.29 bits per heavy atom. The lowest BCUT2D eigenvalue weighted by atomic mass is 10.1. The standard InChI is InChI=1S/C16H23N3O2/c1-5-16-18-8-9-19(16)11-14(17-2)13-7-6-12(20-3)10-15(13)21-4/h6-10,14,17H,5,11H2,1-4H3. The minimum atomic E-state index is 0.144. The summed E-state index contributed by atoms with van der Waals surface area (Å²) in [7, 11) is 5.29. The molecular weight excluding hydrogens is 266 g/mol. The fourth-order valence-corrected chi connectivity index (χ4v) is 2.47. The van der Waals surface area contributed by atoms with Crippen molar-refractivity contribution in [2.75, 3.05) is 21.3 Å². The molecule has 0 bridgehead atoms. The van der Waals surface area contributed by atoms with Gasteiger partial charge in [-0.1, -0.05) is 6.92 Å². The van der Waals surface area contributed by atoms with E-state index in [-0.39, 0.29) is 6.04 Å². The maximum Gasteiger partial charge on any atom is 0.127 e. The van der Waals surface area contributed by atoms with Crippen LogP contribution in [0.2, 0.25) is 0 Å². The molecule has 2 rings (SSSR count). The second kappa shape index (κ2) is 7.13. The van der Waals surface area contributed by atoms with Gasteiger partial charge in [0.15, 0.2) is 0 Å². The van der Waals surface area contributed by atoms with Crippen LogP contribution in [-0.4, -0.2) is 30.8 Å². The predicted octanol–water partition coefficient (Wildman–Crippen LogP) is 2.42. The van der Waals surface area contributed by atoms with Gasteiger partial charge in [-0.25, -0.2) is 4.98 Å². The minimum absolute atomic E-state index is 0.144. The van der Waals surface area contributed by atoms with E-state index in [0.29, 0.717) is 0 Å². The second-order valence-electron chi connectivity index (χ2n) is 4.80. The number of nitrogens with zero attached hydrogens (tertiary/aromatic N) is 2. The van der Waals surface area contributed by atoms with Gasteiger partial charge >= 0.3 is 0 Å². The normalized spacial score (nSPS) is 12.2. The van der Waals surface area contributed by atoms with Crippen molar-refractivity contribution in [2.45, 2.75) is 25.9 Å². The average molecular weight is 289 g/mol. The molecule has 0 saturated heterocycles. The zero-order valence-corrected chi connectivity index (χ0v) is 13.1. The molecule has 0 aliphatic carbocycles. The lowest BCUT2D eigenvalue weighted by molar-refractivity contribution is 0.380. The maximum atomic E-state index is 5.50. The first-order valence-corrected chi connectivity index (χ1v) is 7.12. The largest absolute Gasteiger partial charge is 0.497 e. The highest BCUT2D eigenvalue weighted by Crippen LogP contribution is 2.30. The summed E-state index contributed by atoms with van der Waals surface area (Å²) >= 11 is 0. The van der Waals surface area contributed by atoms with Crippen molar-refractivity contribution in [3.63, 3.8) is 0 Å². The highest BCUT2D eigenvalue weighted by Gasteiger charge is 2.17. The van der Waals surface area contributed by atoms with Gasteiger partial charge in [-0.3, -0.25) is 0 Å². The first-order valence-electron chi connectivity index (χ1n) is 7.12. The molecule has 1 aromatic carbocycles. The molecule has 0 fully saturated rings. The summed E-state index contributed by atoms with van der Waals surface area (Å²) < 4.78 is 12.9. The van der Waals surface area contributed by atoms with Crippen molar-refractivity contribution in [1.82, 2.24) is 14.9 Å². The fourth-order valence-electron chi connectivity index (χ4n) is 2.47. The molecule has 0 aliphatic rings.